The van der Waals surface area contributed by atoms with Gasteiger partial charge in [-0.3, -0.25) is 0 Å². The minimum Gasteiger partial charge on any atom is -0.493 e. The number of halogens is 1. The van der Waals surface area contributed by atoms with Gasteiger partial charge in [0.2, 0.25) is 0 Å². The number of nitrogen functional groups attached to an aromatic ring is 2. The van der Waals surface area contributed by atoms with Gasteiger partial charge in [0.15, 0.2) is 11.5 Å². The molecule has 8 heteroatoms. The second-order valence-corrected chi connectivity index (χ2v) is 10.1. The summed E-state index contributed by atoms with van der Waals surface area (Å²) in [6.07, 6.45) is 11.5. The first-order valence-electron chi connectivity index (χ1n) is 14.4. The highest BCUT2D eigenvalue weighted by atomic mass is 19.1. The molecule has 0 heterocycles. The number of benzene rings is 3. The predicted molar refractivity (Wildman–Crippen MR) is 165 cm³/mol. The molecule has 222 valence electrons. The van der Waals surface area contributed by atoms with Crippen molar-refractivity contribution < 1.29 is 23.4 Å². The van der Waals surface area contributed by atoms with Gasteiger partial charge < -0.3 is 25.7 Å². The van der Waals surface area contributed by atoms with Gasteiger partial charge in [-0.05, 0) is 72.5 Å². The first kappa shape index (κ1) is 32.0. The van der Waals surface area contributed by atoms with Gasteiger partial charge in [0.05, 0.1) is 37.5 Å². The van der Waals surface area contributed by atoms with E-state index < -0.39 is 5.97 Å². The fourth-order valence-electron chi connectivity index (χ4n) is 4.54. The molecule has 0 aromatic heterocycles. The minimum absolute atomic E-state index is 0.341. The van der Waals surface area contributed by atoms with Gasteiger partial charge >= 0.3 is 5.97 Å². The maximum atomic E-state index is 13.2. The molecule has 0 amide bonds. The lowest BCUT2D eigenvalue weighted by Crippen LogP contribution is -2.07. The summed E-state index contributed by atoms with van der Waals surface area (Å²) < 4.78 is 30.0. The van der Waals surface area contributed by atoms with Crippen LogP contribution in [0.3, 0.4) is 0 Å². The number of allylic oxidation sites excluding steroid dienone is 1. The van der Waals surface area contributed by atoms with Crippen LogP contribution in [0.2, 0.25) is 0 Å². The molecule has 3 aromatic rings. The lowest BCUT2D eigenvalue weighted by atomic mass is 10.0. The zero-order valence-electron chi connectivity index (χ0n) is 24.2. The van der Waals surface area contributed by atoms with Gasteiger partial charge in [-0.1, -0.05) is 63.1 Å². The van der Waals surface area contributed by atoms with Crippen LogP contribution in [0.5, 0.6) is 11.5 Å². The Morgan fingerprint density at radius 1 is 0.786 bits per heavy atom. The van der Waals surface area contributed by atoms with Crippen molar-refractivity contribution in [3.63, 3.8) is 0 Å². The molecule has 0 atom stereocenters. The summed E-state index contributed by atoms with van der Waals surface area (Å²) in [6, 6.07) is 18.3. The molecule has 0 saturated carbocycles. The molecule has 0 fully saturated rings. The largest absolute Gasteiger partial charge is 0.493 e. The summed E-state index contributed by atoms with van der Waals surface area (Å²) in [5, 5.41) is 9.54. The van der Waals surface area contributed by atoms with E-state index in [0.29, 0.717) is 52.8 Å². The molecule has 42 heavy (non-hydrogen) atoms. The third kappa shape index (κ3) is 10.8. The highest BCUT2D eigenvalue weighted by Crippen LogP contribution is 2.30. The molecule has 0 aliphatic heterocycles. The average Bonchev–Trinajstić information content (AvgIpc) is 2.98. The Morgan fingerprint density at radius 3 is 1.98 bits per heavy atom. The number of ether oxygens (including phenoxy) is 3. The van der Waals surface area contributed by atoms with E-state index in [4.69, 9.17) is 25.7 Å². The third-order valence-electron chi connectivity index (χ3n) is 6.77. The smallest absolute Gasteiger partial charge is 0.338 e. The number of rotatable bonds is 17. The second-order valence-electron chi connectivity index (χ2n) is 10.1. The van der Waals surface area contributed by atoms with E-state index in [2.05, 4.69) is 6.07 Å². The van der Waals surface area contributed by atoms with Crippen molar-refractivity contribution in [3.8, 4) is 17.6 Å². The summed E-state index contributed by atoms with van der Waals surface area (Å²) in [6.45, 7) is 1.00. The number of carbonyl (C=O) groups is 1. The van der Waals surface area contributed by atoms with Crippen molar-refractivity contribution in [2.75, 3.05) is 31.8 Å². The Hall–Kier alpha value is -4.51. The molecule has 0 saturated heterocycles. The molecule has 3 rings (SSSR count). The van der Waals surface area contributed by atoms with E-state index in [1.165, 1.54) is 31.4 Å². The number of nitriles is 1. The van der Waals surface area contributed by atoms with Crippen molar-refractivity contribution in [3.05, 3.63) is 83.2 Å². The average molecular weight is 574 g/mol. The number of anilines is 2. The molecule has 0 spiro atoms. The first-order valence-corrected chi connectivity index (χ1v) is 14.4. The van der Waals surface area contributed by atoms with Gasteiger partial charge in [-0.25, -0.2) is 9.18 Å². The number of carbonyl (C=O) groups excluding carboxylic acids is 1. The Labute approximate surface area is 247 Å². The molecule has 0 unspecified atom stereocenters. The van der Waals surface area contributed by atoms with Gasteiger partial charge in [-0.15, -0.1) is 0 Å². The number of esters is 1. The zero-order valence-corrected chi connectivity index (χ0v) is 24.2. The van der Waals surface area contributed by atoms with E-state index in [9.17, 15) is 14.4 Å². The Morgan fingerprint density at radius 2 is 1.38 bits per heavy atom. The monoisotopic (exact) mass is 573 g/mol. The summed E-state index contributed by atoms with van der Waals surface area (Å²) in [7, 11) is 1.59. The molecule has 0 radical (unpaired) electrons. The Bertz CT molecular complexity index is 1350. The van der Waals surface area contributed by atoms with E-state index >= 15 is 0 Å². The second kappa shape index (κ2) is 17.3. The number of hydrogen-bond donors (Lipinski definition) is 2. The molecular formula is C34H40FN3O4. The fraction of sp³-hybridized carbons (Fsp3) is 0.353. The molecule has 0 aliphatic carbocycles. The van der Waals surface area contributed by atoms with Crippen molar-refractivity contribution in [1.82, 2.24) is 0 Å². The van der Waals surface area contributed by atoms with E-state index in [0.717, 1.165) is 44.1 Å². The number of nitrogens with zero attached hydrogens (tertiary/aromatic N) is 1. The van der Waals surface area contributed by atoms with Gasteiger partial charge in [-0.2, -0.15) is 5.26 Å². The van der Waals surface area contributed by atoms with Crippen LogP contribution in [-0.4, -0.2) is 26.3 Å². The van der Waals surface area contributed by atoms with E-state index in [1.54, 1.807) is 43.5 Å². The van der Waals surface area contributed by atoms with Crippen LogP contribution in [0.1, 0.15) is 79.3 Å². The quantitative estimate of drug-likeness (QED) is 0.0555. The lowest BCUT2D eigenvalue weighted by Gasteiger charge is -2.11. The van der Waals surface area contributed by atoms with Crippen LogP contribution >= 0.6 is 0 Å². The maximum absolute atomic E-state index is 13.2. The molecule has 4 N–H and O–H groups in total. The fourth-order valence-corrected chi connectivity index (χ4v) is 4.54. The van der Waals surface area contributed by atoms with E-state index in [-0.39, 0.29) is 5.82 Å². The number of hydrogen-bond acceptors (Lipinski definition) is 7. The van der Waals surface area contributed by atoms with Crippen LogP contribution in [0.4, 0.5) is 15.8 Å². The standard InChI is InChI=1S/C34H40FN3O4/c1-40-33-20-25(19-28(24-36)26-12-14-29(35)15-13-26)11-16-32(33)41-17-9-7-5-3-2-4-6-8-10-18-42-34(39)27-21-30(37)23-31(38)22-27/h11-16,19-23H,2-10,17-18,37-38H2,1H3/b28-19+. The highest BCUT2D eigenvalue weighted by molar-refractivity contribution is 5.92. The molecule has 0 aliphatic rings. The molecule has 0 bridgehead atoms. The topological polar surface area (TPSA) is 121 Å². The van der Waals surface area contributed by atoms with Gasteiger partial charge in [0.1, 0.15) is 5.82 Å². The molecule has 3 aromatic carbocycles. The van der Waals surface area contributed by atoms with Crippen LogP contribution in [0, 0.1) is 17.1 Å². The van der Waals surface area contributed by atoms with E-state index in [1.807, 2.05) is 18.2 Å². The van der Waals surface area contributed by atoms with Gasteiger partial charge in [0.25, 0.3) is 0 Å². The Kier molecular flexibility index (Phi) is 13.2. The Balaban J connectivity index is 1.25. The summed E-state index contributed by atoms with van der Waals surface area (Å²) in [5.74, 6) is 0.534. The number of methoxy groups -OCH3 is 1. The van der Waals surface area contributed by atoms with Crippen LogP contribution in [0.15, 0.2) is 60.7 Å². The minimum atomic E-state index is -0.390. The van der Waals surface area contributed by atoms with Crippen LogP contribution in [0.25, 0.3) is 11.6 Å². The zero-order chi connectivity index (χ0) is 30.2. The normalized spacial score (nSPS) is 11.1. The van der Waals surface area contributed by atoms with Crippen LogP contribution in [-0.2, 0) is 4.74 Å². The SMILES string of the molecule is COc1cc(/C=C(\C#N)c2ccc(F)cc2)ccc1OCCCCCCCCCCCOC(=O)c1cc(N)cc(N)c1. The first-order chi connectivity index (χ1) is 20.4. The molecule has 7 nitrogen and oxygen atoms in total. The summed E-state index contributed by atoms with van der Waals surface area (Å²) in [4.78, 5) is 12.1. The number of unbranched alkanes of at least 4 members (excludes halogenated alkanes) is 8. The van der Waals surface area contributed by atoms with Crippen molar-refractivity contribution in [1.29, 1.82) is 5.26 Å². The lowest BCUT2D eigenvalue weighted by molar-refractivity contribution is 0.0497. The van der Waals surface area contributed by atoms with Crippen molar-refractivity contribution in [2.24, 2.45) is 0 Å². The van der Waals surface area contributed by atoms with Crippen LogP contribution < -0.4 is 20.9 Å². The van der Waals surface area contributed by atoms with Crippen molar-refractivity contribution >= 4 is 29.0 Å². The third-order valence-corrected chi connectivity index (χ3v) is 6.77. The summed E-state index contributed by atoms with van der Waals surface area (Å²) >= 11 is 0. The molecular weight excluding hydrogens is 533 g/mol. The maximum Gasteiger partial charge on any atom is 0.338 e. The number of nitrogens with two attached hydrogens (primary N) is 2. The summed E-state index contributed by atoms with van der Waals surface area (Å²) in [5.41, 5.74) is 14.6. The predicted octanol–water partition coefficient (Wildman–Crippen LogP) is 7.81. The van der Waals surface area contributed by atoms with Gasteiger partial charge in [0, 0.05) is 11.4 Å². The highest BCUT2D eigenvalue weighted by Gasteiger charge is 2.09. The van der Waals surface area contributed by atoms with Crippen molar-refractivity contribution in [2.45, 2.75) is 57.8 Å².